The summed E-state index contributed by atoms with van der Waals surface area (Å²) < 4.78 is 4.95. The van der Waals surface area contributed by atoms with Gasteiger partial charge in [0.15, 0.2) is 17.5 Å². The van der Waals surface area contributed by atoms with Gasteiger partial charge in [0.25, 0.3) is 0 Å². The summed E-state index contributed by atoms with van der Waals surface area (Å²) in [6.07, 6.45) is 0. The van der Waals surface area contributed by atoms with Gasteiger partial charge in [-0.1, -0.05) is 127 Å². The van der Waals surface area contributed by atoms with Gasteiger partial charge < -0.3 is 0 Å². The van der Waals surface area contributed by atoms with Crippen molar-refractivity contribution in [1.29, 1.82) is 0 Å². The van der Waals surface area contributed by atoms with E-state index in [1.807, 2.05) is 40.9 Å². The Hall–Kier alpha value is -6.01. The highest BCUT2D eigenvalue weighted by atomic mass is 32.1. The van der Waals surface area contributed by atoms with Crippen LogP contribution in [0.15, 0.2) is 164 Å². The molecule has 5 heteroatoms. The number of benzene rings is 7. The predicted octanol–water partition coefficient (Wildman–Crippen LogP) is 12.9. The summed E-state index contributed by atoms with van der Waals surface area (Å²) in [6, 6.07) is 57.9. The molecule has 0 aliphatic carbocycles. The van der Waals surface area contributed by atoms with Crippen molar-refractivity contribution >= 4 is 63.0 Å². The fraction of sp³-hybridized carbons (Fsp3) is 0. The van der Waals surface area contributed by atoms with Gasteiger partial charge >= 0.3 is 0 Å². The third-order valence-corrected chi connectivity index (χ3v) is 11.8. The molecule has 10 aromatic rings. The van der Waals surface area contributed by atoms with Gasteiger partial charge in [0, 0.05) is 57.0 Å². The van der Waals surface area contributed by atoms with Crippen LogP contribution in [0.4, 0.5) is 0 Å². The lowest BCUT2D eigenvalue weighted by Gasteiger charge is -2.11. The fourth-order valence-electron chi connectivity index (χ4n) is 6.92. The lowest BCUT2D eigenvalue weighted by Crippen LogP contribution is -2.00. The van der Waals surface area contributed by atoms with Gasteiger partial charge in [-0.05, 0) is 58.7 Å². The Kier molecular flexibility index (Phi) is 6.86. The largest absolute Gasteiger partial charge is 0.208 e. The molecule has 0 aliphatic heterocycles. The van der Waals surface area contributed by atoms with Gasteiger partial charge in [-0.15, -0.1) is 22.7 Å². The van der Waals surface area contributed by atoms with Crippen molar-refractivity contribution in [3.8, 4) is 56.4 Å². The molecule has 0 bridgehead atoms. The molecule has 0 spiro atoms. The zero-order chi connectivity index (χ0) is 33.0. The highest BCUT2D eigenvalue weighted by Crippen LogP contribution is 2.45. The van der Waals surface area contributed by atoms with E-state index in [4.69, 9.17) is 15.0 Å². The van der Waals surface area contributed by atoms with Crippen molar-refractivity contribution in [2.24, 2.45) is 0 Å². The maximum Gasteiger partial charge on any atom is 0.165 e. The smallest absolute Gasteiger partial charge is 0.165 e. The second kappa shape index (κ2) is 11.8. The molecule has 234 valence electrons. The third-order valence-electron chi connectivity index (χ3n) is 9.33. The van der Waals surface area contributed by atoms with Gasteiger partial charge in [0.1, 0.15) is 0 Å². The molecule has 3 nitrogen and oxygen atoms in total. The van der Waals surface area contributed by atoms with Crippen molar-refractivity contribution in [3.63, 3.8) is 0 Å². The first-order valence-corrected chi connectivity index (χ1v) is 18.2. The van der Waals surface area contributed by atoms with Gasteiger partial charge in [0.05, 0.1) is 0 Å². The molecule has 0 saturated heterocycles. The Morgan fingerprint density at radius 3 is 1.66 bits per heavy atom. The molecule has 3 aromatic heterocycles. The Morgan fingerprint density at radius 2 is 0.880 bits per heavy atom. The monoisotopic (exact) mass is 673 g/mol. The first kappa shape index (κ1) is 29.0. The molecule has 3 heterocycles. The average Bonchev–Trinajstić information content (AvgIpc) is 3.76. The van der Waals surface area contributed by atoms with Crippen LogP contribution in [-0.2, 0) is 0 Å². The second-order valence-electron chi connectivity index (χ2n) is 12.4. The normalized spacial score (nSPS) is 11.6. The minimum Gasteiger partial charge on any atom is -0.208 e. The molecule has 50 heavy (non-hydrogen) atoms. The zero-order valence-corrected chi connectivity index (χ0v) is 28.4. The summed E-state index contributed by atoms with van der Waals surface area (Å²) in [7, 11) is 0. The van der Waals surface area contributed by atoms with Gasteiger partial charge in [-0.25, -0.2) is 15.0 Å². The second-order valence-corrected chi connectivity index (χ2v) is 14.5. The molecule has 7 aromatic carbocycles. The minimum absolute atomic E-state index is 0.658. The number of nitrogens with zero attached hydrogens (tertiary/aromatic N) is 3. The van der Waals surface area contributed by atoms with Crippen LogP contribution in [0.1, 0.15) is 0 Å². The maximum atomic E-state index is 5.29. The molecule has 0 radical (unpaired) electrons. The number of thiophene rings is 2. The first-order chi connectivity index (χ1) is 24.8. The SMILES string of the molecule is c1ccc(-c2cc(-c3nc(-c4ccccc4)nc(-c4ccc5sc6ccccc6c5c4)n3)c3sc4c(-c5ccccc5)cccc4c3c2)cc1. The van der Waals surface area contributed by atoms with E-state index in [1.54, 1.807) is 0 Å². The van der Waals surface area contributed by atoms with E-state index in [0.29, 0.717) is 17.5 Å². The quantitative estimate of drug-likeness (QED) is 0.182. The minimum atomic E-state index is 0.658. The number of rotatable bonds is 5. The molecule has 0 N–H and O–H groups in total. The van der Waals surface area contributed by atoms with Crippen molar-refractivity contribution in [2.45, 2.75) is 0 Å². The van der Waals surface area contributed by atoms with E-state index < -0.39 is 0 Å². The molecule has 0 amide bonds. The lowest BCUT2D eigenvalue weighted by molar-refractivity contribution is 1.08. The van der Waals surface area contributed by atoms with E-state index in [1.165, 1.54) is 51.5 Å². The molecule has 0 unspecified atom stereocenters. The van der Waals surface area contributed by atoms with Crippen LogP contribution in [0, 0.1) is 0 Å². The zero-order valence-electron chi connectivity index (χ0n) is 26.7. The summed E-state index contributed by atoms with van der Waals surface area (Å²) in [4.78, 5) is 15.6. The van der Waals surface area contributed by atoms with Gasteiger partial charge in [-0.2, -0.15) is 0 Å². The fourth-order valence-corrected chi connectivity index (χ4v) is 9.33. The van der Waals surface area contributed by atoms with E-state index in [2.05, 4.69) is 146 Å². The number of aromatic nitrogens is 3. The lowest BCUT2D eigenvalue weighted by atomic mass is 9.97. The topological polar surface area (TPSA) is 38.7 Å². The van der Waals surface area contributed by atoms with Crippen LogP contribution < -0.4 is 0 Å². The summed E-state index contributed by atoms with van der Waals surface area (Å²) in [5, 5.41) is 4.91. The Labute approximate surface area is 296 Å². The highest BCUT2D eigenvalue weighted by molar-refractivity contribution is 7.27. The van der Waals surface area contributed by atoms with E-state index in [0.717, 1.165) is 27.8 Å². The van der Waals surface area contributed by atoms with Crippen LogP contribution in [0.3, 0.4) is 0 Å². The average molecular weight is 674 g/mol. The summed E-state index contributed by atoms with van der Waals surface area (Å²) in [6.45, 7) is 0. The van der Waals surface area contributed by atoms with Gasteiger partial charge in [0.2, 0.25) is 0 Å². The molecule has 0 fully saturated rings. The van der Waals surface area contributed by atoms with Crippen LogP contribution >= 0.6 is 22.7 Å². The highest BCUT2D eigenvalue weighted by Gasteiger charge is 2.20. The summed E-state index contributed by atoms with van der Waals surface area (Å²) in [5.41, 5.74) is 7.66. The molecule has 10 rings (SSSR count). The van der Waals surface area contributed by atoms with Crippen molar-refractivity contribution in [2.75, 3.05) is 0 Å². The molecular weight excluding hydrogens is 647 g/mol. The number of hydrogen-bond acceptors (Lipinski definition) is 5. The van der Waals surface area contributed by atoms with Crippen LogP contribution in [0.2, 0.25) is 0 Å². The van der Waals surface area contributed by atoms with Crippen LogP contribution in [0.5, 0.6) is 0 Å². The Morgan fingerprint density at radius 1 is 0.300 bits per heavy atom. The van der Waals surface area contributed by atoms with Gasteiger partial charge in [-0.3, -0.25) is 0 Å². The number of fused-ring (bicyclic) bond motifs is 6. The van der Waals surface area contributed by atoms with Crippen molar-refractivity contribution in [1.82, 2.24) is 15.0 Å². The van der Waals surface area contributed by atoms with E-state index in [-0.39, 0.29) is 0 Å². The van der Waals surface area contributed by atoms with Crippen LogP contribution in [0.25, 0.3) is 96.8 Å². The van der Waals surface area contributed by atoms with Crippen LogP contribution in [-0.4, -0.2) is 15.0 Å². The van der Waals surface area contributed by atoms with E-state index >= 15 is 0 Å². The number of hydrogen-bond donors (Lipinski definition) is 0. The first-order valence-electron chi connectivity index (χ1n) is 16.6. The third kappa shape index (κ3) is 4.90. The standard InChI is InChI=1S/C45H27N3S2/c1-4-13-28(14-5-1)32-26-37-35-21-12-20-33(29-15-6-2-7-16-29)41(35)50-42(37)38(27-32)45-47-43(30-17-8-3-9-18-30)46-44(48-45)31-23-24-40-36(25-31)34-19-10-11-22-39(34)49-40/h1-27H. The maximum absolute atomic E-state index is 5.29. The van der Waals surface area contributed by atoms with Crippen molar-refractivity contribution in [3.05, 3.63) is 164 Å². The molecule has 0 saturated carbocycles. The molecule has 0 atom stereocenters. The predicted molar refractivity (Wildman–Crippen MR) is 213 cm³/mol. The van der Waals surface area contributed by atoms with E-state index in [9.17, 15) is 0 Å². The Bertz CT molecular complexity index is 2860. The van der Waals surface area contributed by atoms with Crippen molar-refractivity contribution < 1.29 is 0 Å². The molecular formula is C45H27N3S2. The molecule has 0 aliphatic rings. The summed E-state index contributed by atoms with van der Waals surface area (Å²) in [5.74, 6) is 1.99. The summed E-state index contributed by atoms with van der Waals surface area (Å²) >= 11 is 3.63. The Balaban J connectivity index is 1.26.